The van der Waals surface area contributed by atoms with Gasteiger partial charge in [0.2, 0.25) is 5.75 Å². The molecule has 0 radical (unpaired) electrons. The molecular weight excluding hydrogens is 478 g/mol. The summed E-state index contributed by atoms with van der Waals surface area (Å²) < 4.78 is 20.0. The monoisotopic (exact) mass is 511 g/mol. The van der Waals surface area contributed by atoms with E-state index >= 15 is 0 Å². The first-order valence-electron chi connectivity index (χ1n) is 11.9. The number of anilines is 2. The first-order chi connectivity index (χ1) is 17.8. The molecule has 0 fully saturated rings. The number of rotatable bonds is 11. The van der Waals surface area contributed by atoms with Crippen LogP contribution in [0.4, 0.5) is 11.6 Å². The van der Waals surface area contributed by atoms with E-state index in [0.29, 0.717) is 46.8 Å². The molecule has 3 heterocycles. The number of hydrogen-bond donors (Lipinski definition) is 3. The van der Waals surface area contributed by atoms with E-state index in [1.807, 2.05) is 48.3 Å². The first-order valence-corrected chi connectivity index (χ1v) is 11.9. The van der Waals surface area contributed by atoms with Crippen molar-refractivity contribution in [2.24, 2.45) is 0 Å². The van der Waals surface area contributed by atoms with Crippen LogP contribution in [0.5, 0.6) is 17.2 Å². The molecule has 2 atom stereocenters. The van der Waals surface area contributed by atoms with Crippen LogP contribution in [0.25, 0.3) is 16.7 Å². The van der Waals surface area contributed by atoms with Gasteiger partial charge in [0, 0.05) is 24.1 Å². The molecule has 0 bridgehead atoms. The minimum absolute atomic E-state index is 0.0886. The minimum Gasteiger partial charge on any atom is -0.493 e. The van der Waals surface area contributed by atoms with E-state index in [-0.39, 0.29) is 18.6 Å². The molecule has 4 rings (SSSR count). The lowest BCUT2D eigenvalue weighted by Gasteiger charge is -2.16. The lowest BCUT2D eigenvalue weighted by atomic mass is 10.0. The van der Waals surface area contributed by atoms with Gasteiger partial charge >= 0.3 is 0 Å². The zero-order valence-corrected chi connectivity index (χ0v) is 21.8. The molecule has 37 heavy (non-hydrogen) atoms. The molecule has 0 saturated carbocycles. The summed E-state index contributed by atoms with van der Waals surface area (Å²) in [4.78, 5) is 14.0. The summed E-state index contributed by atoms with van der Waals surface area (Å²) in [5, 5.41) is 27.8. The Labute approximate surface area is 214 Å². The number of fused-ring (bicyclic) bond motifs is 1. The van der Waals surface area contributed by atoms with E-state index < -0.39 is 6.10 Å². The highest BCUT2D eigenvalue weighted by atomic mass is 16.5. The highest BCUT2D eigenvalue weighted by Crippen LogP contribution is 2.39. The summed E-state index contributed by atoms with van der Waals surface area (Å²) in [6, 6.07) is 3.74. The number of aromatic nitrogens is 6. The van der Waals surface area contributed by atoms with Crippen LogP contribution >= 0.6 is 0 Å². The molecule has 12 nitrogen and oxygen atoms in total. The largest absolute Gasteiger partial charge is 0.493 e. The third-order valence-electron chi connectivity index (χ3n) is 6.01. The lowest BCUT2D eigenvalue weighted by Crippen LogP contribution is -2.17. The predicted octanol–water partition coefficient (Wildman–Crippen LogP) is 3.21. The Balaban J connectivity index is 1.72. The number of hydrogen-bond acceptors (Lipinski definition) is 10. The van der Waals surface area contributed by atoms with E-state index in [1.54, 1.807) is 33.9 Å². The Kier molecular flexibility index (Phi) is 7.79. The number of nitrogens with zero attached hydrogens (tertiary/aromatic N) is 6. The fraction of sp³-hybridized carbons (Fsp3) is 0.440. The molecular formula is C25H33N7O5. The second kappa shape index (κ2) is 11.0. The smallest absolute Gasteiger partial charge is 0.203 e. The average Bonchev–Trinajstić information content (AvgIpc) is 3.55. The highest BCUT2D eigenvalue weighted by molar-refractivity contribution is 5.88. The summed E-state index contributed by atoms with van der Waals surface area (Å²) in [5.74, 6) is 3.01. The van der Waals surface area contributed by atoms with Crippen LogP contribution in [0.15, 0.2) is 30.9 Å². The molecule has 3 aromatic heterocycles. The zero-order chi connectivity index (χ0) is 26.7. The van der Waals surface area contributed by atoms with Crippen LogP contribution in [-0.2, 0) is 0 Å². The van der Waals surface area contributed by atoms with E-state index in [1.165, 1.54) is 0 Å². The summed E-state index contributed by atoms with van der Waals surface area (Å²) in [6.45, 7) is 5.65. The molecule has 4 aromatic rings. The van der Waals surface area contributed by atoms with Crippen molar-refractivity contribution >= 4 is 22.7 Å². The topological polar surface area (TPSA) is 142 Å². The van der Waals surface area contributed by atoms with Crippen LogP contribution < -0.4 is 19.5 Å². The predicted molar refractivity (Wildman–Crippen MR) is 138 cm³/mol. The van der Waals surface area contributed by atoms with Gasteiger partial charge in [-0.15, -0.1) is 0 Å². The van der Waals surface area contributed by atoms with Crippen LogP contribution in [0.3, 0.4) is 0 Å². The highest BCUT2D eigenvalue weighted by Gasteiger charge is 2.21. The first kappa shape index (κ1) is 26.2. The zero-order valence-electron chi connectivity index (χ0n) is 21.8. The molecule has 0 spiro atoms. The van der Waals surface area contributed by atoms with Crippen molar-refractivity contribution < 1.29 is 24.4 Å². The van der Waals surface area contributed by atoms with Gasteiger partial charge in [0.25, 0.3) is 0 Å². The Morgan fingerprint density at radius 1 is 1.03 bits per heavy atom. The lowest BCUT2D eigenvalue weighted by molar-refractivity contribution is 0.0829. The minimum atomic E-state index is -0.852. The van der Waals surface area contributed by atoms with Gasteiger partial charge in [0.1, 0.15) is 23.8 Å². The number of benzene rings is 1. The van der Waals surface area contributed by atoms with Crippen LogP contribution in [-0.4, -0.2) is 73.6 Å². The Hall–Kier alpha value is -3.90. The summed E-state index contributed by atoms with van der Waals surface area (Å²) in [5.41, 5.74) is 1.44. The second-order valence-electron chi connectivity index (χ2n) is 9.00. The van der Waals surface area contributed by atoms with Gasteiger partial charge in [-0.2, -0.15) is 5.10 Å². The molecule has 3 N–H and O–H groups in total. The average molecular weight is 512 g/mol. The van der Waals surface area contributed by atoms with Gasteiger partial charge in [-0.25, -0.2) is 19.6 Å². The van der Waals surface area contributed by atoms with Crippen molar-refractivity contribution in [1.29, 1.82) is 0 Å². The third kappa shape index (κ3) is 5.30. The van der Waals surface area contributed by atoms with Gasteiger partial charge in [-0.1, -0.05) is 6.92 Å². The van der Waals surface area contributed by atoms with E-state index in [4.69, 9.17) is 24.2 Å². The molecule has 12 heteroatoms. The van der Waals surface area contributed by atoms with Crippen molar-refractivity contribution in [3.8, 4) is 22.9 Å². The maximum absolute atomic E-state index is 9.95. The van der Waals surface area contributed by atoms with Crippen LogP contribution in [0.2, 0.25) is 0 Å². The van der Waals surface area contributed by atoms with Crippen LogP contribution in [0, 0.1) is 0 Å². The fourth-order valence-electron chi connectivity index (χ4n) is 4.09. The van der Waals surface area contributed by atoms with Crippen molar-refractivity contribution in [3.05, 3.63) is 36.7 Å². The van der Waals surface area contributed by atoms with E-state index in [2.05, 4.69) is 15.4 Å². The number of methoxy groups -OCH3 is 3. The molecule has 198 valence electrons. The Morgan fingerprint density at radius 3 is 2.32 bits per heavy atom. The quantitative estimate of drug-likeness (QED) is 0.275. The maximum Gasteiger partial charge on any atom is 0.203 e. The number of nitrogens with one attached hydrogen (secondary N) is 1. The number of aliphatic hydroxyl groups is 2. The van der Waals surface area contributed by atoms with Crippen molar-refractivity contribution in [2.75, 3.05) is 33.3 Å². The van der Waals surface area contributed by atoms with Gasteiger partial charge < -0.3 is 34.3 Å². The molecule has 0 amide bonds. The van der Waals surface area contributed by atoms with Gasteiger partial charge in [0.05, 0.1) is 57.5 Å². The molecule has 2 unspecified atom stereocenters. The Morgan fingerprint density at radius 2 is 1.73 bits per heavy atom. The molecule has 0 saturated heterocycles. The Bertz CT molecular complexity index is 1340. The summed E-state index contributed by atoms with van der Waals surface area (Å²) >= 11 is 0. The fourth-order valence-corrected chi connectivity index (χ4v) is 4.09. The summed E-state index contributed by atoms with van der Waals surface area (Å²) in [7, 11) is 4.69. The van der Waals surface area contributed by atoms with Gasteiger partial charge in [0.15, 0.2) is 17.1 Å². The number of aliphatic hydroxyl groups excluding tert-OH is 2. The van der Waals surface area contributed by atoms with Gasteiger partial charge in [-0.3, -0.25) is 0 Å². The maximum atomic E-state index is 9.95. The molecule has 0 aliphatic carbocycles. The van der Waals surface area contributed by atoms with E-state index in [9.17, 15) is 10.2 Å². The molecule has 0 aliphatic heterocycles. The van der Waals surface area contributed by atoms with Crippen LogP contribution in [0.1, 0.15) is 45.0 Å². The second-order valence-corrected chi connectivity index (χ2v) is 9.00. The molecule has 1 aromatic carbocycles. The van der Waals surface area contributed by atoms with Crippen molar-refractivity contribution in [1.82, 2.24) is 29.3 Å². The van der Waals surface area contributed by atoms with Gasteiger partial charge in [-0.05, 0) is 20.3 Å². The number of ether oxygens (including phenoxy) is 3. The van der Waals surface area contributed by atoms with E-state index in [0.717, 1.165) is 11.1 Å². The standard InChI is InChI=1S/C25H33N7O5/c1-14(2)32-25-18(10-27-32)24(29-23(30-25)15(3)7-17(34)12-33)28-21-11-31(13-26-21)16-8-19(35-4)22(37-6)20(9-16)36-5/h8-11,13-15,17,33-34H,7,12H2,1-6H3,(H,28,29,30). The third-order valence-corrected chi connectivity index (χ3v) is 6.01. The van der Waals surface area contributed by atoms with Crippen molar-refractivity contribution in [3.63, 3.8) is 0 Å². The SMILES string of the molecule is COc1cc(-n2cnc(Nc3nc(C(C)CC(O)CO)nc4c3cnn4C(C)C)c2)cc(OC)c1OC. The normalized spacial score (nSPS) is 13.1. The van der Waals surface area contributed by atoms with Crippen molar-refractivity contribution in [2.45, 2.75) is 45.3 Å². The summed E-state index contributed by atoms with van der Waals surface area (Å²) in [6.07, 6.45) is 4.69. The molecule has 0 aliphatic rings. The number of imidazole rings is 1.